The highest BCUT2D eigenvalue weighted by Crippen LogP contribution is 2.39. The summed E-state index contributed by atoms with van der Waals surface area (Å²) < 4.78 is 144. The van der Waals surface area contributed by atoms with Crippen molar-refractivity contribution in [2.24, 2.45) is 0 Å². The van der Waals surface area contributed by atoms with Gasteiger partial charge in [0.2, 0.25) is 0 Å². The Morgan fingerprint density at radius 2 is 0.515 bits per heavy atom. The quantitative estimate of drug-likeness (QED) is 0.0389. The van der Waals surface area contributed by atoms with E-state index < -0.39 is 281 Å². The van der Waals surface area contributed by atoms with Gasteiger partial charge < -0.3 is 168 Å². The van der Waals surface area contributed by atoms with E-state index >= 15 is 0 Å². The Kier molecular flexibility index (Phi) is 27.5. The minimum atomic E-state index is -4.74. The molecule has 0 amide bonds. The molecular weight excluding hydrogens is 1390 g/mol. The number of ether oxygens (including phenoxy) is 14. The molecule has 0 bridgehead atoms. The summed E-state index contributed by atoms with van der Waals surface area (Å²) in [6.07, 6.45) is -71.0. The molecule has 99 heavy (non-hydrogen) atoms. The van der Waals surface area contributed by atoms with E-state index in [0.29, 0.717) is 11.1 Å². The summed E-state index contributed by atoms with van der Waals surface area (Å²) >= 11 is 0. The maximum absolute atomic E-state index is 13.5. The average Bonchev–Trinajstić information content (AvgIpc) is 0.776. The molecule has 7 heterocycles. The van der Waals surface area contributed by atoms with Crippen molar-refractivity contribution in [1.82, 2.24) is 0 Å². The van der Waals surface area contributed by atoms with Crippen LogP contribution >= 0.6 is 0 Å². The number of hydrogen-bond acceptors (Lipinski definition) is 40. The van der Waals surface area contributed by atoms with Crippen LogP contribution in [0.25, 0.3) is 0 Å². The first kappa shape index (κ1) is 80.0. The molecule has 7 aliphatic heterocycles. The average molecular weight is 1480 g/mol. The van der Waals surface area contributed by atoms with Gasteiger partial charge in [-0.2, -0.15) is 16.8 Å². The van der Waals surface area contributed by atoms with Gasteiger partial charge in [-0.3, -0.25) is 8.37 Å². The van der Waals surface area contributed by atoms with E-state index in [9.17, 15) is 119 Å². The van der Waals surface area contributed by atoms with E-state index in [4.69, 9.17) is 74.7 Å². The third-order valence-electron chi connectivity index (χ3n) is 17.8. The van der Waals surface area contributed by atoms with Crippen molar-refractivity contribution in [3.05, 3.63) is 59.7 Å². The normalized spacial score (nSPS) is 44.9. The van der Waals surface area contributed by atoms with Gasteiger partial charge in [-0.1, -0.05) is 35.4 Å². The van der Waals surface area contributed by atoms with Gasteiger partial charge in [0.25, 0.3) is 20.2 Å². The minimum absolute atomic E-state index is 0.363. The Morgan fingerprint density at radius 3 is 0.768 bits per heavy atom. The molecule has 42 heteroatoms. The van der Waals surface area contributed by atoms with Gasteiger partial charge in [0, 0.05) is 7.11 Å². The highest BCUT2D eigenvalue weighted by Gasteiger charge is 2.59. The molecular formula is C57H86O40S2. The summed E-state index contributed by atoms with van der Waals surface area (Å²) in [5.74, 6) is 0. The van der Waals surface area contributed by atoms with Crippen molar-refractivity contribution in [3.63, 3.8) is 0 Å². The molecule has 20 N–H and O–H groups in total. The smallest absolute Gasteiger partial charge is 0.297 e. The summed E-state index contributed by atoms with van der Waals surface area (Å²) in [5.41, 5.74) is 1.31. The van der Waals surface area contributed by atoms with Crippen molar-refractivity contribution in [2.75, 3.05) is 53.4 Å². The fraction of sp³-hybridized carbons (Fsp3) is 0.789. The highest BCUT2D eigenvalue weighted by molar-refractivity contribution is 7.87. The van der Waals surface area contributed by atoms with Crippen LogP contribution in [0.2, 0.25) is 0 Å². The molecule has 0 saturated carbocycles. The number of benzene rings is 2. The molecule has 35 atom stereocenters. The van der Waals surface area contributed by atoms with Crippen LogP contribution < -0.4 is 0 Å². The first-order chi connectivity index (χ1) is 46.8. The predicted molar refractivity (Wildman–Crippen MR) is 311 cm³/mol. The molecule has 40 nitrogen and oxygen atoms in total. The van der Waals surface area contributed by atoms with Crippen LogP contribution in [0.5, 0.6) is 0 Å². The molecule has 2 aromatic carbocycles. The fourth-order valence-electron chi connectivity index (χ4n) is 12.1. The molecule has 7 aliphatic rings. The van der Waals surface area contributed by atoms with Gasteiger partial charge in [0.05, 0.1) is 56.0 Å². The van der Waals surface area contributed by atoms with E-state index in [2.05, 4.69) is 0 Å². The fourth-order valence-corrected chi connectivity index (χ4v) is 14.0. The predicted octanol–water partition coefficient (Wildman–Crippen LogP) is -12.2. The zero-order valence-corrected chi connectivity index (χ0v) is 54.3. The summed E-state index contributed by atoms with van der Waals surface area (Å²) in [6.45, 7) is -3.99. The summed E-state index contributed by atoms with van der Waals surface area (Å²) in [5, 5.41) is 220. The van der Waals surface area contributed by atoms with Crippen molar-refractivity contribution in [1.29, 1.82) is 0 Å². The molecule has 2 aromatic rings. The Bertz CT molecular complexity index is 3070. The molecule has 0 aromatic heterocycles. The van der Waals surface area contributed by atoms with Crippen molar-refractivity contribution in [3.8, 4) is 0 Å². The molecule has 566 valence electrons. The molecule has 35 unspecified atom stereocenters. The zero-order chi connectivity index (χ0) is 72.4. The lowest BCUT2D eigenvalue weighted by atomic mass is 9.95. The summed E-state index contributed by atoms with van der Waals surface area (Å²) in [7, 11) is -8.26. The van der Waals surface area contributed by atoms with Gasteiger partial charge in [-0.05, 0) is 38.1 Å². The number of methoxy groups -OCH3 is 1. The first-order valence-electron chi connectivity index (χ1n) is 31.0. The molecule has 0 aliphatic carbocycles. The van der Waals surface area contributed by atoms with E-state index in [1.807, 2.05) is 0 Å². The van der Waals surface area contributed by atoms with Crippen LogP contribution in [-0.2, 0) is 94.9 Å². The monoisotopic (exact) mass is 1470 g/mol. The molecule has 7 fully saturated rings. The van der Waals surface area contributed by atoms with E-state index in [0.717, 1.165) is 7.11 Å². The van der Waals surface area contributed by atoms with E-state index in [1.54, 1.807) is 13.8 Å². The summed E-state index contributed by atoms with van der Waals surface area (Å²) in [6, 6.07) is 10.5. The number of aliphatic hydroxyl groups excluding tert-OH is 20. The van der Waals surface area contributed by atoms with Gasteiger partial charge in [0.15, 0.2) is 44.0 Å². The van der Waals surface area contributed by atoms with Gasteiger partial charge in [-0.15, -0.1) is 0 Å². The van der Waals surface area contributed by atoms with Gasteiger partial charge >= 0.3 is 0 Å². The van der Waals surface area contributed by atoms with Crippen LogP contribution in [0.4, 0.5) is 0 Å². The second-order valence-corrected chi connectivity index (χ2v) is 27.7. The molecule has 0 radical (unpaired) electrons. The number of rotatable bonds is 26. The van der Waals surface area contributed by atoms with Gasteiger partial charge in [0.1, 0.15) is 171 Å². The van der Waals surface area contributed by atoms with Crippen molar-refractivity contribution >= 4 is 20.2 Å². The van der Waals surface area contributed by atoms with Gasteiger partial charge in [-0.25, -0.2) is 0 Å². The SMILES string of the molecule is COC1C(CO)OC(OC2C(CO)OC(OC3C(COS(=O)(=O)c4ccc(C)cc4)OC(OC4C(CO)OC(OC5C(CO)OC(OC6C(COS(=O)(=O)c7ccc(C)cc7)OC(OC7C(CO)OC(O)C(O)C7O)C(O)C6O)C(O)C5O)C(O)C4O)C(O)C3O)C(O)C2O)C(O)C1O. The zero-order valence-electron chi connectivity index (χ0n) is 52.7. The number of aryl methyl sites for hydroxylation is 2. The maximum atomic E-state index is 13.5. The number of hydrogen-bond donors (Lipinski definition) is 20. The van der Waals surface area contributed by atoms with Crippen molar-refractivity contribution < 1.29 is 194 Å². The Balaban J connectivity index is 0.886. The molecule has 7 saturated heterocycles. The van der Waals surface area contributed by atoms with Crippen LogP contribution in [0.3, 0.4) is 0 Å². The lowest BCUT2D eigenvalue weighted by Gasteiger charge is -2.50. The van der Waals surface area contributed by atoms with Crippen LogP contribution in [0.1, 0.15) is 11.1 Å². The van der Waals surface area contributed by atoms with Crippen LogP contribution in [0, 0.1) is 13.8 Å². The third kappa shape index (κ3) is 17.4. The lowest BCUT2D eigenvalue weighted by Crippen LogP contribution is -2.68. The number of aliphatic hydroxyl groups is 20. The van der Waals surface area contributed by atoms with E-state index in [1.165, 1.54) is 48.5 Å². The Labute approximate surface area is 563 Å². The lowest BCUT2D eigenvalue weighted by molar-refractivity contribution is -0.397. The summed E-state index contributed by atoms with van der Waals surface area (Å²) in [4.78, 5) is -0.748. The maximum Gasteiger partial charge on any atom is 0.297 e. The second kappa shape index (κ2) is 34.0. The largest absolute Gasteiger partial charge is 0.394 e. The minimum Gasteiger partial charge on any atom is -0.394 e. The second-order valence-electron chi connectivity index (χ2n) is 24.5. The van der Waals surface area contributed by atoms with Crippen molar-refractivity contribution in [2.45, 2.75) is 239 Å². The van der Waals surface area contributed by atoms with Crippen LogP contribution in [0.15, 0.2) is 58.3 Å². The van der Waals surface area contributed by atoms with Crippen LogP contribution in [-0.4, -0.2) is 387 Å². The highest BCUT2D eigenvalue weighted by atomic mass is 32.2. The Hall–Kier alpha value is -3.10. The Morgan fingerprint density at radius 1 is 0.303 bits per heavy atom. The molecule has 0 spiro atoms. The third-order valence-corrected chi connectivity index (χ3v) is 20.4. The standard InChI is InChI=1S/C57H86O40S2/c1-19-4-8-21(9-5-19)98(78,79)83-17-28-49(35(68)42(75)56(90-28)92-45-24(13-59)85-51(77)37(70)30(45)63)96-55-41(74)34(67)47(26(15-61)89-55)94-53-39(72)32(65)48(27(16-62)87-53)95-57-43(76)36(69)50(29(91-57)18-84-99(80,81)22-10-6-20(2)7-11-22)97-54-40(73)33(66)46(25(14-60)88-54)93-52-38(71)31(64)44(82-3)23(12-58)86-52/h4-11,23-77H,12-18H2,1-3H3. The topological polar surface area (TPSA) is 621 Å². The van der Waals surface area contributed by atoms with E-state index in [-0.39, 0.29) is 9.79 Å². The molecule has 9 rings (SSSR count). The first-order valence-corrected chi connectivity index (χ1v) is 33.9.